The summed E-state index contributed by atoms with van der Waals surface area (Å²) in [6.45, 7) is 14.0. The second kappa shape index (κ2) is 7.62. The average molecular weight is 430 g/mol. The van der Waals surface area contributed by atoms with Crippen LogP contribution in [0.15, 0.2) is 60.6 Å². The molecule has 0 N–H and O–H groups in total. The quantitative estimate of drug-likeness (QED) is 0.633. The van der Waals surface area contributed by atoms with Crippen molar-refractivity contribution in [1.82, 2.24) is 7.56 Å². The maximum atomic E-state index is 3.95. The summed E-state index contributed by atoms with van der Waals surface area (Å²) in [5, 5.41) is 0. The third-order valence-corrected chi connectivity index (χ3v) is 5.31. The van der Waals surface area contributed by atoms with Crippen molar-refractivity contribution in [3.8, 4) is 0 Å². The minimum absolute atomic E-state index is 0.539. The third-order valence-electron chi connectivity index (χ3n) is 3.12. The van der Waals surface area contributed by atoms with Gasteiger partial charge >= 0.3 is 128 Å². The molecule has 0 atom stereocenters. The summed E-state index contributed by atoms with van der Waals surface area (Å²) in [6.07, 6.45) is 11.4. The van der Waals surface area contributed by atoms with Crippen molar-refractivity contribution in [3.63, 3.8) is 0 Å². The van der Waals surface area contributed by atoms with Crippen LogP contribution in [-0.4, -0.2) is 20.7 Å². The fraction of sp³-hybridized carbons (Fsp3) is 0.333. The molecule has 18 heavy (non-hydrogen) atoms. The Morgan fingerprint density at radius 2 is 1.94 bits per heavy atom. The molecule has 0 aliphatic carbocycles. The van der Waals surface area contributed by atoms with Crippen molar-refractivity contribution in [2.45, 2.75) is 20.3 Å². The molecule has 0 radical (unpaired) electrons. The molecule has 1 rings (SSSR count). The van der Waals surface area contributed by atoms with Crippen LogP contribution in [0.3, 0.4) is 0 Å². The first-order valence-corrected chi connectivity index (χ1v) is 8.74. The van der Waals surface area contributed by atoms with Crippen molar-refractivity contribution < 1.29 is 26.4 Å². The van der Waals surface area contributed by atoms with Gasteiger partial charge < -0.3 is 0 Å². The first kappa shape index (κ1) is 15.3. The fourth-order valence-corrected chi connectivity index (χ4v) is 4.34. The standard InChI is InChI=1S/C15H21N2.Hg/c1-5-10-17-11-9-13(6-2)15(8-4)16-12-14(17)7-3;/h5-8,10H,2,4,9,11-12H2,1,3H3;/q-1;+1/b10-5-,14-7-,15-13-;. The third kappa shape index (κ3) is 3.61. The molecule has 0 aromatic heterocycles. The molecule has 0 aromatic carbocycles. The van der Waals surface area contributed by atoms with Gasteiger partial charge in [-0.2, -0.15) is 0 Å². The van der Waals surface area contributed by atoms with Gasteiger partial charge in [-0.3, -0.25) is 0 Å². The SMILES string of the molecule is C=C/C1=C(\C=C)[N]([Hg])C/C(=C/C)N(/C=C\C)CC1. The van der Waals surface area contributed by atoms with E-state index in [4.69, 9.17) is 0 Å². The molecule has 2 nitrogen and oxygen atoms in total. The molecule has 0 spiro atoms. The summed E-state index contributed by atoms with van der Waals surface area (Å²) in [5.74, 6) is 0. The van der Waals surface area contributed by atoms with E-state index in [1.165, 1.54) is 17.0 Å². The van der Waals surface area contributed by atoms with E-state index in [-0.39, 0.29) is 0 Å². The first-order valence-electron chi connectivity index (χ1n) is 6.28. The second-order valence-electron chi connectivity index (χ2n) is 4.22. The zero-order valence-electron chi connectivity index (χ0n) is 11.5. The zero-order chi connectivity index (χ0) is 13.5. The summed E-state index contributed by atoms with van der Waals surface area (Å²) >= 11 is 0.539. The van der Waals surface area contributed by atoms with Gasteiger partial charge in [0.1, 0.15) is 0 Å². The Bertz CT molecular complexity index is 405. The van der Waals surface area contributed by atoms with Crippen LogP contribution in [0, 0.1) is 0 Å². The number of hydrogen-bond donors (Lipinski definition) is 0. The molecule has 0 bridgehead atoms. The topological polar surface area (TPSA) is 6.48 Å². The molecule has 0 amide bonds. The Hall–Kier alpha value is -0.765. The normalized spacial score (nSPS) is 24.3. The number of hydrogen-bond acceptors (Lipinski definition) is 2. The minimum atomic E-state index is 0.539. The van der Waals surface area contributed by atoms with E-state index in [0.29, 0.717) is 26.4 Å². The molecule has 1 aliphatic heterocycles. The van der Waals surface area contributed by atoms with E-state index in [1.54, 1.807) is 0 Å². The zero-order valence-corrected chi connectivity index (χ0v) is 17.0. The number of allylic oxidation sites excluding steroid dienone is 4. The van der Waals surface area contributed by atoms with E-state index in [2.05, 4.69) is 52.9 Å². The van der Waals surface area contributed by atoms with Crippen LogP contribution >= 0.6 is 0 Å². The van der Waals surface area contributed by atoms with Crippen LogP contribution in [0.1, 0.15) is 20.3 Å². The number of rotatable bonds is 3. The molecule has 0 saturated carbocycles. The monoisotopic (exact) mass is 431 g/mol. The molecule has 1 heterocycles. The average Bonchev–Trinajstić information content (AvgIpc) is 2.37. The van der Waals surface area contributed by atoms with Crippen LogP contribution in [-0.2, 0) is 26.4 Å². The van der Waals surface area contributed by atoms with Crippen LogP contribution in [0.2, 0.25) is 0 Å². The van der Waals surface area contributed by atoms with Crippen molar-refractivity contribution >= 4 is 0 Å². The van der Waals surface area contributed by atoms with Gasteiger partial charge in [0.05, 0.1) is 0 Å². The Morgan fingerprint density at radius 3 is 2.44 bits per heavy atom. The Labute approximate surface area is 127 Å². The Morgan fingerprint density at radius 1 is 1.22 bits per heavy atom. The Kier molecular flexibility index (Phi) is 6.48. The van der Waals surface area contributed by atoms with Crippen LogP contribution in [0.25, 0.3) is 0 Å². The summed E-state index contributed by atoms with van der Waals surface area (Å²) < 4.78 is 2.43. The van der Waals surface area contributed by atoms with Crippen LogP contribution < -0.4 is 0 Å². The van der Waals surface area contributed by atoms with Crippen molar-refractivity contribution in [1.29, 1.82) is 0 Å². The van der Waals surface area contributed by atoms with Gasteiger partial charge in [-0.05, 0) is 0 Å². The van der Waals surface area contributed by atoms with Crippen LogP contribution in [0.4, 0.5) is 0 Å². The van der Waals surface area contributed by atoms with Gasteiger partial charge in [-0.1, -0.05) is 0 Å². The van der Waals surface area contributed by atoms with Gasteiger partial charge in [0, 0.05) is 0 Å². The Balaban J connectivity index is 3.13. The molecule has 3 heteroatoms. The summed E-state index contributed by atoms with van der Waals surface area (Å²) in [6, 6.07) is 0. The van der Waals surface area contributed by atoms with Gasteiger partial charge in [0.2, 0.25) is 0 Å². The fourth-order valence-electron chi connectivity index (χ4n) is 2.16. The molecule has 0 aromatic rings. The van der Waals surface area contributed by atoms with E-state index in [9.17, 15) is 0 Å². The first-order chi connectivity index (χ1) is 8.67. The second-order valence-corrected chi connectivity index (χ2v) is 7.19. The molecule has 93 valence electrons. The van der Waals surface area contributed by atoms with Gasteiger partial charge in [0.25, 0.3) is 0 Å². The molecule has 1 aliphatic rings. The van der Waals surface area contributed by atoms with E-state index in [0.717, 1.165) is 19.5 Å². The van der Waals surface area contributed by atoms with Gasteiger partial charge in [-0.15, -0.1) is 0 Å². The molecule has 0 fully saturated rings. The van der Waals surface area contributed by atoms with Crippen LogP contribution in [0.5, 0.6) is 0 Å². The van der Waals surface area contributed by atoms with Crippen molar-refractivity contribution in [3.05, 3.63) is 60.6 Å². The summed E-state index contributed by atoms with van der Waals surface area (Å²) in [5.41, 5.74) is 3.95. The van der Waals surface area contributed by atoms with Crippen molar-refractivity contribution in [2.24, 2.45) is 0 Å². The predicted octanol–water partition coefficient (Wildman–Crippen LogP) is 3.52. The van der Waals surface area contributed by atoms with E-state index in [1.807, 2.05) is 12.2 Å². The molecule has 0 saturated heterocycles. The van der Waals surface area contributed by atoms with E-state index >= 15 is 0 Å². The molecule has 0 unspecified atom stereocenters. The van der Waals surface area contributed by atoms with E-state index < -0.39 is 0 Å². The predicted molar refractivity (Wildman–Crippen MR) is 74.0 cm³/mol. The molecular weight excluding hydrogens is 409 g/mol. The van der Waals surface area contributed by atoms with Crippen molar-refractivity contribution in [2.75, 3.05) is 13.1 Å². The maximum absolute atomic E-state index is 3.95. The number of nitrogens with zero attached hydrogens (tertiary/aromatic N) is 2. The van der Waals surface area contributed by atoms with Gasteiger partial charge in [0.15, 0.2) is 0 Å². The molecular formula is C15H21HgN2. The summed E-state index contributed by atoms with van der Waals surface area (Å²) in [7, 11) is 0. The summed E-state index contributed by atoms with van der Waals surface area (Å²) in [4.78, 5) is 2.34. The van der Waals surface area contributed by atoms with Gasteiger partial charge in [-0.25, -0.2) is 0 Å².